The fourth-order valence-electron chi connectivity index (χ4n) is 1.96. The standard InChI is InChI=1S/C16H13N5O2.ClH/c17-15-14(16(23)20-11-2-1-7-18-8-11)21-13(9-19-15)10-3-5-12(22)6-4-10;/h1-9,22H,(H2,17,19)(H,20,23);1H. The number of halogens is 1. The summed E-state index contributed by atoms with van der Waals surface area (Å²) in [7, 11) is 0. The minimum absolute atomic E-state index is 0. The molecule has 7 nitrogen and oxygen atoms in total. The third-order valence-corrected chi connectivity index (χ3v) is 3.10. The number of amides is 1. The van der Waals surface area contributed by atoms with E-state index >= 15 is 0 Å². The highest BCUT2D eigenvalue weighted by Gasteiger charge is 2.15. The van der Waals surface area contributed by atoms with Gasteiger partial charge < -0.3 is 16.2 Å². The lowest BCUT2D eigenvalue weighted by Gasteiger charge is -2.08. The molecular weight excluding hydrogens is 330 g/mol. The monoisotopic (exact) mass is 343 g/mol. The van der Waals surface area contributed by atoms with Crippen LogP contribution in [0.3, 0.4) is 0 Å². The van der Waals surface area contributed by atoms with Gasteiger partial charge in [0.05, 0.1) is 23.8 Å². The first kappa shape index (κ1) is 17.2. The van der Waals surface area contributed by atoms with Gasteiger partial charge in [-0.15, -0.1) is 12.4 Å². The Hall–Kier alpha value is -3.19. The van der Waals surface area contributed by atoms with Crippen molar-refractivity contribution in [2.24, 2.45) is 0 Å². The van der Waals surface area contributed by atoms with Gasteiger partial charge >= 0.3 is 0 Å². The van der Waals surface area contributed by atoms with Gasteiger partial charge in [0.25, 0.3) is 5.91 Å². The van der Waals surface area contributed by atoms with Crippen molar-refractivity contribution in [3.63, 3.8) is 0 Å². The van der Waals surface area contributed by atoms with Crippen LogP contribution in [0.4, 0.5) is 11.5 Å². The molecule has 2 aromatic heterocycles. The summed E-state index contributed by atoms with van der Waals surface area (Å²) in [6.45, 7) is 0. The van der Waals surface area contributed by atoms with Crippen LogP contribution < -0.4 is 11.1 Å². The average molecular weight is 344 g/mol. The van der Waals surface area contributed by atoms with E-state index in [1.165, 1.54) is 24.5 Å². The number of benzene rings is 1. The van der Waals surface area contributed by atoms with E-state index in [1.807, 2.05) is 0 Å². The van der Waals surface area contributed by atoms with Gasteiger partial charge in [0.1, 0.15) is 5.75 Å². The molecule has 0 atom stereocenters. The van der Waals surface area contributed by atoms with Crippen molar-refractivity contribution in [3.8, 4) is 17.0 Å². The molecule has 24 heavy (non-hydrogen) atoms. The summed E-state index contributed by atoms with van der Waals surface area (Å²) in [5.41, 5.74) is 7.51. The zero-order chi connectivity index (χ0) is 16.2. The highest BCUT2D eigenvalue weighted by molar-refractivity contribution is 6.05. The number of anilines is 2. The Labute approximate surface area is 144 Å². The SMILES string of the molecule is Cl.Nc1ncc(-c2ccc(O)cc2)nc1C(=O)Nc1cccnc1. The maximum atomic E-state index is 12.3. The number of phenols is 1. The summed E-state index contributed by atoms with van der Waals surface area (Å²) in [6.07, 6.45) is 4.60. The number of carbonyl (C=O) groups excluding carboxylic acids is 1. The molecular formula is C16H14ClN5O2. The van der Waals surface area contributed by atoms with Crippen molar-refractivity contribution in [3.05, 3.63) is 60.7 Å². The summed E-state index contributed by atoms with van der Waals surface area (Å²) in [5, 5.41) is 12.0. The van der Waals surface area contributed by atoms with Gasteiger partial charge in [0, 0.05) is 11.8 Å². The first-order valence-corrected chi connectivity index (χ1v) is 6.77. The number of hydrogen-bond acceptors (Lipinski definition) is 6. The van der Waals surface area contributed by atoms with Crippen LogP contribution in [0.2, 0.25) is 0 Å². The highest BCUT2D eigenvalue weighted by atomic mass is 35.5. The molecule has 0 radical (unpaired) electrons. The van der Waals surface area contributed by atoms with Gasteiger partial charge in [-0.3, -0.25) is 9.78 Å². The lowest BCUT2D eigenvalue weighted by Crippen LogP contribution is -2.17. The molecule has 0 spiro atoms. The second kappa shape index (κ2) is 7.38. The lowest BCUT2D eigenvalue weighted by atomic mass is 10.1. The van der Waals surface area contributed by atoms with Gasteiger partial charge in [0.15, 0.2) is 11.5 Å². The summed E-state index contributed by atoms with van der Waals surface area (Å²) in [6, 6.07) is 9.83. The Balaban J connectivity index is 0.00000208. The number of nitrogens with one attached hydrogen (secondary N) is 1. The molecule has 3 aromatic rings. The quantitative estimate of drug-likeness (QED) is 0.673. The maximum Gasteiger partial charge on any atom is 0.278 e. The molecule has 0 aliphatic carbocycles. The zero-order valence-electron chi connectivity index (χ0n) is 12.4. The largest absolute Gasteiger partial charge is 0.508 e. The molecule has 1 amide bonds. The molecule has 0 saturated heterocycles. The molecule has 122 valence electrons. The normalized spacial score (nSPS) is 9.83. The topological polar surface area (TPSA) is 114 Å². The second-order valence-electron chi connectivity index (χ2n) is 4.73. The van der Waals surface area contributed by atoms with Crippen LogP contribution in [0.5, 0.6) is 5.75 Å². The van der Waals surface area contributed by atoms with E-state index in [0.29, 0.717) is 16.9 Å². The molecule has 1 aromatic carbocycles. The number of nitrogen functional groups attached to an aromatic ring is 1. The Morgan fingerprint density at radius 1 is 1.12 bits per heavy atom. The summed E-state index contributed by atoms with van der Waals surface area (Å²) in [4.78, 5) is 24.5. The first-order chi connectivity index (χ1) is 11.1. The van der Waals surface area contributed by atoms with Crippen molar-refractivity contribution in [2.75, 3.05) is 11.1 Å². The van der Waals surface area contributed by atoms with Gasteiger partial charge in [-0.25, -0.2) is 9.97 Å². The van der Waals surface area contributed by atoms with Crippen LogP contribution in [0.1, 0.15) is 10.5 Å². The van der Waals surface area contributed by atoms with Crippen LogP contribution in [-0.2, 0) is 0 Å². The molecule has 0 saturated carbocycles. The Bertz CT molecular complexity index is 841. The van der Waals surface area contributed by atoms with Crippen molar-refractivity contribution in [1.82, 2.24) is 15.0 Å². The number of pyridine rings is 1. The molecule has 8 heteroatoms. The summed E-state index contributed by atoms with van der Waals surface area (Å²) >= 11 is 0. The van der Waals surface area contributed by atoms with Crippen molar-refractivity contribution in [2.45, 2.75) is 0 Å². The smallest absolute Gasteiger partial charge is 0.278 e. The third kappa shape index (κ3) is 3.76. The van der Waals surface area contributed by atoms with E-state index in [-0.39, 0.29) is 29.7 Å². The van der Waals surface area contributed by atoms with Gasteiger partial charge in [-0.1, -0.05) is 0 Å². The van der Waals surface area contributed by atoms with Crippen LogP contribution in [0, 0.1) is 0 Å². The summed E-state index contributed by atoms with van der Waals surface area (Å²) in [5.74, 6) is -0.288. The van der Waals surface area contributed by atoms with Crippen LogP contribution in [0.25, 0.3) is 11.3 Å². The van der Waals surface area contributed by atoms with E-state index in [2.05, 4.69) is 20.3 Å². The van der Waals surface area contributed by atoms with Gasteiger partial charge in [-0.2, -0.15) is 0 Å². The summed E-state index contributed by atoms with van der Waals surface area (Å²) < 4.78 is 0. The number of nitrogens with two attached hydrogens (primary N) is 1. The molecule has 0 aliphatic heterocycles. The second-order valence-corrected chi connectivity index (χ2v) is 4.73. The molecule has 3 rings (SSSR count). The predicted molar refractivity (Wildman–Crippen MR) is 93.0 cm³/mol. The van der Waals surface area contributed by atoms with Crippen LogP contribution in [0.15, 0.2) is 55.0 Å². The van der Waals surface area contributed by atoms with Gasteiger partial charge in [-0.05, 0) is 36.4 Å². The number of nitrogens with zero attached hydrogens (tertiary/aromatic N) is 3. The van der Waals surface area contributed by atoms with Crippen molar-refractivity contribution in [1.29, 1.82) is 0 Å². The molecule has 0 unspecified atom stereocenters. The van der Waals surface area contributed by atoms with Crippen molar-refractivity contribution < 1.29 is 9.90 Å². The number of aromatic nitrogens is 3. The molecule has 0 fully saturated rings. The van der Waals surface area contributed by atoms with Crippen LogP contribution >= 0.6 is 12.4 Å². The number of aromatic hydroxyl groups is 1. The fraction of sp³-hybridized carbons (Fsp3) is 0. The molecule has 4 N–H and O–H groups in total. The number of phenolic OH excluding ortho intramolecular Hbond substituents is 1. The zero-order valence-corrected chi connectivity index (χ0v) is 13.2. The van der Waals surface area contributed by atoms with E-state index in [4.69, 9.17) is 5.73 Å². The van der Waals surface area contributed by atoms with E-state index in [0.717, 1.165) is 0 Å². The highest BCUT2D eigenvalue weighted by Crippen LogP contribution is 2.21. The molecule has 0 aliphatic rings. The first-order valence-electron chi connectivity index (χ1n) is 6.77. The van der Waals surface area contributed by atoms with E-state index in [1.54, 1.807) is 30.5 Å². The van der Waals surface area contributed by atoms with E-state index in [9.17, 15) is 9.90 Å². The Morgan fingerprint density at radius 2 is 1.88 bits per heavy atom. The number of carbonyl (C=O) groups is 1. The minimum Gasteiger partial charge on any atom is -0.508 e. The van der Waals surface area contributed by atoms with E-state index < -0.39 is 5.91 Å². The third-order valence-electron chi connectivity index (χ3n) is 3.10. The maximum absolute atomic E-state index is 12.3. The predicted octanol–water partition coefficient (Wildman–Crippen LogP) is 2.50. The molecule has 0 bridgehead atoms. The average Bonchev–Trinajstić information content (AvgIpc) is 2.57. The number of hydrogen-bond donors (Lipinski definition) is 3. The Morgan fingerprint density at radius 3 is 2.54 bits per heavy atom. The fourth-order valence-corrected chi connectivity index (χ4v) is 1.96. The Kier molecular flexibility index (Phi) is 5.28. The number of rotatable bonds is 3. The molecule has 2 heterocycles. The minimum atomic E-state index is -0.469. The lowest BCUT2D eigenvalue weighted by molar-refractivity contribution is 0.102. The van der Waals surface area contributed by atoms with Gasteiger partial charge in [0.2, 0.25) is 0 Å². The van der Waals surface area contributed by atoms with Crippen molar-refractivity contribution >= 4 is 29.8 Å². The van der Waals surface area contributed by atoms with Crippen LogP contribution in [-0.4, -0.2) is 26.0 Å².